The molecule has 0 aliphatic rings. The maximum Gasteiger partial charge on any atom is 0.225 e. The summed E-state index contributed by atoms with van der Waals surface area (Å²) in [7, 11) is 0. The molecule has 0 amide bonds. The van der Waals surface area contributed by atoms with Gasteiger partial charge in [-0.05, 0) is 30.4 Å². The van der Waals surface area contributed by atoms with E-state index in [9.17, 15) is 0 Å². The molecule has 2 aromatic rings. The molecule has 0 saturated heterocycles. The zero-order chi connectivity index (χ0) is 15.3. The highest BCUT2D eigenvalue weighted by Gasteiger charge is 2.16. The van der Waals surface area contributed by atoms with Crippen molar-refractivity contribution >= 4 is 22.7 Å². The van der Waals surface area contributed by atoms with E-state index in [1.54, 1.807) is 0 Å². The van der Waals surface area contributed by atoms with Gasteiger partial charge in [0.15, 0.2) is 0 Å². The molecule has 0 saturated carbocycles. The summed E-state index contributed by atoms with van der Waals surface area (Å²) in [5.74, 6) is 1.62. The van der Waals surface area contributed by atoms with Gasteiger partial charge >= 0.3 is 0 Å². The van der Waals surface area contributed by atoms with Gasteiger partial charge in [-0.2, -0.15) is 4.98 Å². The molecule has 4 heteroatoms. The van der Waals surface area contributed by atoms with Crippen LogP contribution >= 0.6 is 0 Å². The first-order valence-corrected chi connectivity index (χ1v) is 7.80. The second kappa shape index (κ2) is 6.74. The van der Waals surface area contributed by atoms with Crippen LogP contribution in [0.1, 0.15) is 40.5 Å². The smallest absolute Gasteiger partial charge is 0.225 e. The summed E-state index contributed by atoms with van der Waals surface area (Å²) < 4.78 is 0. The number of rotatable bonds is 7. The molecule has 1 heterocycles. The van der Waals surface area contributed by atoms with Crippen molar-refractivity contribution in [3.63, 3.8) is 0 Å². The monoisotopic (exact) mass is 286 g/mol. The van der Waals surface area contributed by atoms with Crippen LogP contribution in [0.4, 0.5) is 11.8 Å². The van der Waals surface area contributed by atoms with Crippen molar-refractivity contribution < 1.29 is 0 Å². The van der Waals surface area contributed by atoms with Crippen LogP contribution in [0.5, 0.6) is 0 Å². The Morgan fingerprint density at radius 3 is 2.52 bits per heavy atom. The Kier molecular flexibility index (Phi) is 4.99. The van der Waals surface area contributed by atoms with E-state index in [1.807, 2.05) is 18.2 Å². The van der Waals surface area contributed by atoms with Gasteiger partial charge in [0.05, 0.1) is 5.52 Å². The Labute approximate surface area is 127 Å². The van der Waals surface area contributed by atoms with Crippen molar-refractivity contribution in [3.8, 4) is 0 Å². The Morgan fingerprint density at radius 1 is 1.05 bits per heavy atom. The molecule has 21 heavy (non-hydrogen) atoms. The fourth-order valence-electron chi connectivity index (χ4n) is 1.98. The molecule has 0 aliphatic carbocycles. The molecular weight excluding hydrogens is 260 g/mol. The third-order valence-electron chi connectivity index (χ3n) is 3.83. The zero-order valence-corrected chi connectivity index (χ0v) is 13.5. The van der Waals surface area contributed by atoms with Gasteiger partial charge in [0.2, 0.25) is 5.95 Å². The van der Waals surface area contributed by atoms with Crippen LogP contribution in [0, 0.1) is 5.41 Å². The van der Waals surface area contributed by atoms with Crippen LogP contribution < -0.4 is 10.6 Å². The van der Waals surface area contributed by atoms with Crippen LogP contribution in [0.3, 0.4) is 0 Å². The topological polar surface area (TPSA) is 49.8 Å². The summed E-state index contributed by atoms with van der Waals surface area (Å²) in [6.45, 7) is 10.7. The fourth-order valence-corrected chi connectivity index (χ4v) is 1.98. The zero-order valence-electron chi connectivity index (χ0n) is 13.5. The number of aromatic nitrogens is 2. The quantitative estimate of drug-likeness (QED) is 0.796. The van der Waals surface area contributed by atoms with E-state index in [-0.39, 0.29) is 5.41 Å². The van der Waals surface area contributed by atoms with Crippen LogP contribution in [0.25, 0.3) is 10.9 Å². The molecule has 114 valence electrons. The molecule has 0 atom stereocenters. The van der Waals surface area contributed by atoms with E-state index in [0.29, 0.717) is 5.95 Å². The van der Waals surface area contributed by atoms with Crippen molar-refractivity contribution in [2.24, 2.45) is 5.41 Å². The predicted octanol–water partition coefficient (Wildman–Crippen LogP) is 4.30. The van der Waals surface area contributed by atoms with Crippen molar-refractivity contribution in [2.75, 3.05) is 23.7 Å². The molecule has 1 aromatic heterocycles. The minimum atomic E-state index is 0.253. The minimum Gasteiger partial charge on any atom is -0.369 e. The van der Waals surface area contributed by atoms with E-state index in [1.165, 1.54) is 0 Å². The molecule has 2 rings (SSSR count). The van der Waals surface area contributed by atoms with Crippen molar-refractivity contribution in [1.29, 1.82) is 0 Å². The van der Waals surface area contributed by atoms with Gasteiger partial charge in [0.25, 0.3) is 0 Å². The maximum absolute atomic E-state index is 4.64. The fraction of sp³-hybridized carbons (Fsp3) is 0.529. The Hall–Kier alpha value is -1.84. The third-order valence-corrected chi connectivity index (χ3v) is 3.83. The highest BCUT2D eigenvalue weighted by atomic mass is 15.1. The van der Waals surface area contributed by atoms with Crippen LogP contribution in [0.2, 0.25) is 0 Å². The van der Waals surface area contributed by atoms with Gasteiger partial charge in [0, 0.05) is 18.5 Å². The Morgan fingerprint density at radius 2 is 1.81 bits per heavy atom. The molecule has 4 nitrogen and oxygen atoms in total. The SMILES string of the molecule is CCCNc1nc(NCC(C)(C)CC)c2ccccc2n1. The summed E-state index contributed by atoms with van der Waals surface area (Å²) in [4.78, 5) is 9.22. The number of para-hydroxylation sites is 1. The third kappa shape index (κ3) is 4.06. The first kappa shape index (κ1) is 15.5. The lowest BCUT2D eigenvalue weighted by Gasteiger charge is -2.23. The van der Waals surface area contributed by atoms with E-state index in [4.69, 9.17) is 0 Å². The summed E-state index contributed by atoms with van der Waals surface area (Å²) >= 11 is 0. The maximum atomic E-state index is 4.64. The predicted molar refractivity (Wildman–Crippen MR) is 90.9 cm³/mol. The second-order valence-electron chi connectivity index (χ2n) is 6.21. The highest BCUT2D eigenvalue weighted by Crippen LogP contribution is 2.25. The van der Waals surface area contributed by atoms with Gasteiger partial charge in [-0.15, -0.1) is 0 Å². The molecule has 0 aliphatic heterocycles. The average Bonchev–Trinajstić information content (AvgIpc) is 2.50. The Bertz CT molecular complexity index is 592. The van der Waals surface area contributed by atoms with E-state index >= 15 is 0 Å². The number of anilines is 2. The largest absolute Gasteiger partial charge is 0.369 e. The van der Waals surface area contributed by atoms with Crippen LogP contribution in [-0.4, -0.2) is 23.1 Å². The first-order chi connectivity index (χ1) is 10.1. The molecule has 0 radical (unpaired) electrons. The van der Waals surface area contributed by atoms with Crippen molar-refractivity contribution in [2.45, 2.75) is 40.5 Å². The molecule has 0 fully saturated rings. The van der Waals surface area contributed by atoms with Gasteiger partial charge in [-0.1, -0.05) is 39.8 Å². The van der Waals surface area contributed by atoms with E-state index < -0.39 is 0 Å². The lowest BCUT2D eigenvalue weighted by Crippen LogP contribution is -2.22. The summed E-state index contributed by atoms with van der Waals surface area (Å²) in [5.41, 5.74) is 1.23. The standard InChI is InChI=1S/C17H26N4/c1-5-11-18-16-20-14-10-8-7-9-13(14)15(21-16)19-12-17(3,4)6-2/h7-10H,5-6,11-12H2,1-4H3,(H2,18,19,20,21). The number of hydrogen-bond acceptors (Lipinski definition) is 4. The number of fused-ring (bicyclic) bond motifs is 1. The molecule has 1 aromatic carbocycles. The summed E-state index contributed by atoms with van der Waals surface area (Å²) in [6, 6.07) is 8.14. The van der Waals surface area contributed by atoms with E-state index in [2.05, 4.69) is 54.4 Å². The van der Waals surface area contributed by atoms with Gasteiger partial charge in [-0.25, -0.2) is 4.98 Å². The van der Waals surface area contributed by atoms with Crippen LogP contribution in [-0.2, 0) is 0 Å². The van der Waals surface area contributed by atoms with Gasteiger partial charge in [0.1, 0.15) is 5.82 Å². The minimum absolute atomic E-state index is 0.253. The van der Waals surface area contributed by atoms with Crippen molar-refractivity contribution in [1.82, 2.24) is 9.97 Å². The molecule has 0 bridgehead atoms. The molecule has 2 N–H and O–H groups in total. The normalized spacial score (nSPS) is 11.6. The number of nitrogens with one attached hydrogen (secondary N) is 2. The van der Waals surface area contributed by atoms with Crippen LogP contribution in [0.15, 0.2) is 24.3 Å². The average molecular weight is 286 g/mol. The highest BCUT2D eigenvalue weighted by molar-refractivity contribution is 5.90. The van der Waals surface area contributed by atoms with Gasteiger partial charge < -0.3 is 10.6 Å². The Balaban J connectivity index is 2.30. The van der Waals surface area contributed by atoms with Gasteiger partial charge in [-0.3, -0.25) is 0 Å². The van der Waals surface area contributed by atoms with Crippen molar-refractivity contribution in [3.05, 3.63) is 24.3 Å². The lowest BCUT2D eigenvalue weighted by atomic mass is 9.90. The first-order valence-electron chi connectivity index (χ1n) is 7.80. The molecule has 0 spiro atoms. The molecular formula is C17H26N4. The second-order valence-corrected chi connectivity index (χ2v) is 6.21. The summed E-state index contributed by atoms with van der Waals surface area (Å²) in [5, 5.41) is 7.86. The number of nitrogens with zero attached hydrogens (tertiary/aromatic N) is 2. The number of benzene rings is 1. The van der Waals surface area contributed by atoms with E-state index in [0.717, 1.165) is 42.7 Å². The summed E-state index contributed by atoms with van der Waals surface area (Å²) in [6.07, 6.45) is 2.19. The number of hydrogen-bond donors (Lipinski definition) is 2. The molecule has 0 unspecified atom stereocenters. The lowest BCUT2D eigenvalue weighted by molar-refractivity contribution is 0.376.